The summed E-state index contributed by atoms with van der Waals surface area (Å²) in [6.45, 7) is 2.25. The molecule has 2 aromatic carbocycles. The van der Waals surface area contributed by atoms with Gasteiger partial charge in [0.15, 0.2) is 0 Å². The van der Waals surface area contributed by atoms with Crippen molar-refractivity contribution in [1.82, 2.24) is 5.32 Å². The lowest BCUT2D eigenvalue weighted by atomic mass is 10.1. The number of carbonyl (C=O) groups excluding carboxylic acids is 1. The maximum Gasteiger partial charge on any atom is 0.319 e. The van der Waals surface area contributed by atoms with Gasteiger partial charge in [0, 0.05) is 12.2 Å². The van der Waals surface area contributed by atoms with E-state index in [9.17, 15) is 9.90 Å². The van der Waals surface area contributed by atoms with Gasteiger partial charge in [-0.3, -0.25) is 0 Å². The first-order valence-corrected chi connectivity index (χ1v) is 7.06. The van der Waals surface area contributed by atoms with E-state index < -0.39 is 6.10 Å². The predicted molar refractivity (Wildman–Crippen MR) is 84.2 cm³/mol. The van der Waals surface area contributed by atoms with Crippen LogP contribution >= 0.6 is 0 Å². The zero-order valence-corrected chi connectivity index (χ0v) is 12.0. The molecule has 4 heteroatoms. The third-order valence-corrected chi connectivity index (χ3v) is 3.26. The summed E-state index contributed by atoms with van der Waals surface area (Å²) in [6.07, 6.45) is 0.259. The minimum atomic E-state index is -0.709. The number of benzene rings is 2. The number of hydrogen-bond acceptors (Lipinski definition) is 2. The molecular weight excluding hydrogens is 264 g/mol. The lowest BCUT2D eigenvalue weighted by Gasteiger charge is -2.13. The molecule has 21 heavy (non-hydrogen) atoms. The van der Waals surface area contributed by atoms with Crippen molar-refractivity contribution in [2.45, 2.75) is 19.4 Å². The van der Waals surface area contributed by atoms with Crippen LogP contribution in [-0.4, -0.2) is 17.7 Å². The van der Waals surface area contributed by atoms with E-state index in [1.54, 1.807) is 0 Å². The molecule has 2 aromatic rings. The lowest BCUT2D eigenvalue weighted by Crippen LogP contribution is -2.32. The van der Waals surface area contributed by atoms with E-state index in [1.165, 1.54) is 5.56 Å². The number of rotatable bonds is 5. The molecule has 0 aromatic heterocycles. The molecule has 0 aliphatic heterocycles. The van der Waals surface area contributed by atoms with Gasteiger partial charge in [0.25, 0.3) is 0 Å². The molecule has 110 valence electrons. The molecule has 3 N–H and O–H groups in total. The van der Waals surface area contributed by atoms with Crippen molar-refractivity contribution in [2.75, 3.05) is 11.9 Å². The number of aryl methyl sites for hydroxylation is 1. The summed E-state index contributed by atoms with van der Waals surface area (Å²) < 4.78 is 0. The first kappa shape index (κ1) is 15.1. The van der Waals surface area contributed by atoms with Crippen LogP contribution in [0.25, 0.3) is 0 Å². The quantitative estimate of drug-likeness (QED) is 0.790. The molecule has 2 amide bonds. The lowest BCUT2D eigenvalue weighted by molar-refractivity contribution is 0.175. The van der Waals surface area contributed by atoms with Gasteiger partial charge >= 0.3 is 6.03 Å². The van der Waals surface area contributed by atoms with Crippen LogP contribution in [0.1, 0.15) is 24.2 Å². The topological polar surface area (TPSA) is 61.4 Å². The first-order valence-electron chi connectivity index (χ1n) is 7.06. The van der Waals surface area contributed by atoms with Crippen LogP contribution in [0.15, 0.2) is 54.6 Å². The molecular formula is C17H20N2O2. The second kappa shape index (κ2) is 7.45. The Kier molecular flexibility index (Phi) is 5.35. The Morgan fingerprint density at radius 3 is 2.38 bits per heavy atom. The van der Waals surface area contributed by atoms with Crippen molar-refractivity contribution in [1.29, 1.82) is 0 Å². The molecule has 1 unspecified atom stereocenters. The van der Waals surface area contributed by atoms with E-state index in [1.807, 2.05) is 54.6 Å². The van der Waals surface area contributed by atoms with Gasteiger partial charge in [-0.05, 0) is 29.7 Å². The smallest absolute Gasteiger partial charge is 0.319 e. The summed E-state index contributed by atoms with van der Waals surface area (Å²) in [5.41, 5.74) is 2.74. The molecule has 0 saturated carbocycles. The number of urea groups is 1. The van der Waals surface area contributed by atoms with Gasteiger partial charge in [-0.1, -0.05) is 49.4 Å². The highest BCUT2D eigenvalue weighted by molar-refractivity contribution is 5.89. The summed E-state index contributed by atoms with van der Waals surface area (Å²) in [4.78, 5) is 11.8. The molecule has 0 aliphatic carbocycles. The summed E-state index contributed by atoms with van der Waals surface area (Å²) in [5, 5.41) is 15.4. The Hall–Kier alpha value is -2.33. The van der Waals surface area contributed by atoms with Crippen molar-refractivity contribution in [2.24, 2.45) is 0 Å². The highest BCUT2D eigenvalue weighted by atomic mass is 16.3. The molecule has 2 rings (SSSR count). The molecule has 0 spiro atoms. The summed E-state index contributed by atoms with van der Waals surface area (Å²) in [5.74, 6) is 0. The summed E-state index contributed by atoms with van der Waals surface area (Å²) >= 11 is 0. The number of amides is 2. The fraction of sp³-hybridized carbons (Fsp3) is 0.235. The second-order valence-corrected chi connectivity index (χ2v) is 4.81. The van der Waals surface area contributed by atoms with Crippen molar-refractivity contribution in [3.63, 3.8) is 0 Å². The maximum atomic E-state index is 11.8. The largest absolute Gasteiger partial charge is 0.387 e. The van der Waals surface area contributed by atoms with E-state index in [-0.39, 0.29) is 12.6 Å². The van der Waals surface area contributed by atoms with Gasteiger partial charge in [-0.15, -0.1) is 0 Å². The molecule has 0 radical (unpaired) electrons. The standard InChI is InChI=1S/C17H20N2O2/c1-2-13-8-10-15(11-9-13)19-17(21)18-12-16(20)14-6-4-3-5-7-14/h3-11,16,20H,2,12H2,1H3,(H2,18,19,21). The van der Waals surface area contributed by atoms with Crippen LogP contribution < -0.4 is 10.6 Å². The predicted octanol–water partition coefficient (Wildman–Crippen LogP) is 3.10. The van der Waals surface area contributed by atoms with E-state index in [4.69, 9.17) is 0 Å². The van der Waals surface area contributed by atoms with Crippen molar-refractivity contribution >= 4 is 11.7 Å². The van der Waals surface area contributed by atoms with Gasteiger partial charge in [0.05, 0.1) is 6.10 Å². The first-order chi connectivity index (χ1) is 10.2. The average Bonchev–Trinajstić information content (AvgIpc) is 2.54. The van der Waals surface area contributed by atoms with E-state index in [2.05, 4.69) is 17.6 Å². The fourth-order valence-corrected chi connectivity index (χ4v) is 1.98. The van der Waals surface area contributed by atoms with Crippen molar-refractivity contribution < 1.29 is 9.90 Å². The SMILES string of the molecule is CCc1ccc(NC(=O)NCC(O)c2ccccc2)cc1. The van der Waals surface area contributed by atoms with Crippen molar-refractivity contribution in [3.8, 4) is 0 Å². The molecule has 0 aliphatic rings. The summed E-state index contributed by atoms with van der Waals surface area (Å²) in [7, 11) is 0. The Morgan fingerprint density at radius 1 is 1.10 bits per heavy atom. The van der Waals surface area contributed by atoms with Crippen LogP contribution in [0.2, 0.25) is 0 Å². The molecule has 0 bridgehead atoms. The van der Waals surface area contributed by atoms with E-state index in [0.717, 1.165) is 17.7 Å². The van der Waals surface area contributed by atoms with Gasteiger partial charge in [-0.2, -0.15) is 0 Å². The van der Waals surface area contributed by atoms with Gasteiger partial charge in [0.2, 0.25) is 0 Å². The Bertz CT molecular complexity index is 567. The van der Waals surface area contributed by atoms with Crippen LogP contribution in [0.5, 0.6) is 0 Å². The third-order valence-electron chi connectivity index (χ3n) is 3.26. The van der Waals surface area contributed by atoms with E-state index in [0.29, 0.717) is 0 Å². The molecule has 0 fully saturated rings. The van der Waals surface area contributed by atoms with Gasteiger partial charge in [-0.25, -0.2) is 4.79 Å². The third kappa shape index (κ3) is 4.61. The number of nitrogens with one attached hydrogen (secondary N) is 2. The molecule has 0 saturated heterocycles. The zero-order chi connectivity index (χ0) is 15.1. The minimum absolute atomic E-state index is 0.170. The van der Waals surface area contributed by atoms with Gasteiger partial charge < -0.3 is 15.7 Å². The minimum Gasteiger partial charge on any atom is -0.387 e. The van der Waals surface area contributed by atoms with Crippen LogP contribution in [-0.2, 0) is 6.42 Å². The molecule has 0 heterocycles. The number of aliphatic hydroxyl groups excluding tert-OH is 1. The van der Waals surface area contributed by atoms with Crippen LogP contribution in [0.4, 0.5) is 10.5 Å². The summed E-state index contributed by atoms with van der Waals surface area (Å²) in [6, 6.07) is 16.6. The average molecular weight is 284 g/mol. The zero-order valence-electron chi connectivity index (χ0n) is 12.0. The highest BCUT2D eigenvalue weighted by Crippen LogP contribution is 2.11. The number of carbonyl (C=O) groups is 1. The Morgan fingerprint density at radius 2 is 1.76 bits per heavy atom. The normalized spacial score (nSPS) is 11.7. The Balaban J connectivity index is 1.81. The Labute approximate surface area is 124 Å². The van der Waals surface area contributed by atoms with Crippen LogP contribution in [0.3, 0.4) is 0 Å². The molecule has 4 nitrogen and oxygen atoms in total. The number of hydrogen-bond donors (Lipinski definition) is 3. The van der Waals surface area contributed by atoms with Crippen molar-refractivity contribution in [3.05, 3.63) is 65.7 Å². The molecule has 1 atom stereocenters. The fourth-order valence-electron chi connectivity index (χ4n) is 1.98. The van der Waals surface area contributed by atoms with E-state index >= 15 is 0 Å². The highest BCUT2D eigenvalue weighted by Gasteiger charge is 2.08. The monoisotopic (exact) mass is 284 g/mol. The second-order valence-electron chi connectivity index (χ2n) is 4.81. The number of aliphatic hydroxyl groups is 1. The van der Waals surface area contributed by atoms with Crippen LogP contribution in [0, 0.1) is 0 Å². The maximum absolute atomic E-state index is 11.8. The van der Waals surface area contributed by atoms with Gasteiger partial charge in [0.1, 0.15) is 0 Å². The number of anilines is 1.